The highest BCUT2D eigenvalue weighted by atomic mass is 35.5. The molecule has 0 bridgehead atoms. The number of sulfonamides is 1. The van der Waals surface area contributed by atoms with Gasteiger partial charge in [0.05, 0.1) is 6.54 Å². The number of halogens is 1. The molecule has 0 amide bonds. The molecule has 0 spiro atoms. The number of hydrogen-bond donors (Lipinski definition) is 1. The van der Waals surface area contributed by atoms with Gasteiger partial charge in [-0.05, 0) is 6.92 Å². The molecular formula is C13H17ClN6O2S2. The first-order valence-corrected chi connectivity index (χ1v) is 9.82. The first-order valence-electron chi connectivity index (χ1n) is 7.13. The second-order valence-corrected chi connectivity index (χ2v) is 8.78. The van der Waals surface area contributed by atoms with Crippen LogP contribution in [0.25, 0.3) is 4.96 Å². The Hall–Kier alpha value is -1.65. The zero-order chi connectivity index (χ0) is 17.7. The van der Waals surface area contributed by atoms with Gasteiger partial charge in [-0.1, -0.05) is 25.4 Å². The molecule has 0 fully saturated rings. The predicted octanol–water partition coefficient (Wildman–Crippen LogP) is 2.03. The van der Waals surface area contributed by atoms with Crippen LogP contribution in [0, 0.1) is 5.41 Å². The van der Waals surface area contributed by atoms with Crippen molar-refractivity contribution >= 4 is 49.6 Å². The molecular weight excluding hydrogens is 372 g/mol. The van der Waals surface area contributed by atoms with Crippen molar-refractivity contribution in [1.82, 2.24) is 19.7 Å². The fourth-order valence-corrected chi connectivity index (χ4v) is 4.75. The molecule has 3 rings (SSSR count). The van der Waals surface area contributed by atoms with Crippen molar-refractivity contribution in [3.05, 3.63) is 16.7 Å². The molecule has 1 aliphatic rings. The van der Waals surface area contributed by atoms with E-state index in [9.17, 15) is 8.42 Å². The van der Waals surface area contributed by atoms with Crippen LogP contribution < -0.4 is 5.32 Å². The van der Waals surface area contributed by atoms with Crippen LogP contribution in [0.4, 0.5) is 0 Å². The van der Waals surface area contributed by atoms with Crippen molar-refractivity contribution in [2.75, 3.05) is 13.6 Å². The summed E-state index contributed by atoms with van der Waals surface area (Å²) in [5.41, 5.74) is 0.751. The molecule has 0 saturated carbocycles. The highest BCUT2D eigenvalue weighted by Gasteiger charge is 2.34. The zero-order valence-electron chi connectivity index (χ0n) is 13.6. The van der Waals surface area contributed by atoms with E-state index < -0.39 is 10.0 Å². The van der Waals surface area contributed by atoms with Crippen LogP contribution in [0.2, 0.25) is 5.15 Å². The summed E-state index contributed by atoms with van der Waals surface area (Å²) in [6.45, 7) is 6.51. The number of aromatic nitrogens is 2. The van der Waals surface area contributed by atoms with E-state index >= 15 is 0 Å². The van der Waals surface area contributed by atoms with Crippen molar-refractivity contribution in [3.8, 4) is 0 Å². The number of fused-ring (bicyclic) bond motifs is 1. The van der Waals surface area contributed by atoms with Crippen molar-refractivity contribution in [2.45, 2.75) is 25.8 Å². The number of guanidine groups is 1. The smallest absolute Gasteiger partial charge is 0.304 e. The lowest BCUT2D eigenvalue weighted by atomic mass is 9.89. The lowest BCUT2D eigenvalue weighted by molar-refractivity contribution is 0.376. The third-order valence-electron chi connectivity index (χ3n) is 3.89. The van der Waals surface area contributed by atoms with Gasteiger partial charge in [-0.2, -0.15) is 13.5 Å². The summed E-state index contributed by atoms with van der Waals surface area (Å²) in [4.78, 5) is 4.54. The Bertz CT molecular complexity index is 956. The first kappa shape index (κ1) is 17.2. The highest BCUT2D eigenvalue weighted by molar-refractivity contribution is 7.90. The van der Waals surface area contributed by atoms with Gasteiger partial charge in [-0.15, -0.1) is 15.7 Å². The average molecular weight is 389 g/mol. The summed E-state index contributed by atoms with van der Waals surface area (Å²) < 4.78 is 30.8. The monoisotopic (exact) mass is 388 g/mol. The molecule has 0 saturated heterocycles. The molecule has 2 aromatic heterocycles. The van der Waals surface area contributed by atoms with E-state index in [-0.39, 0.29) is 21.6 Å². The molecule has 0 atom stereocenters. The minimum atomic E-state index is -4.06. The van der Waals surface area contributed by atoms with Gasteiger partial charge >= 0.3 is 10.0 Å². The Morgan fingerprint density at radius 3 is 2.79 bits per heavy atom. The summed E-state index contributed by atoms with van der Waals surface area (Å²) >= 11 is 7.31. The number of rotatable bonds is 2. The summed E-state index contributed by atoms with van der Waals surface area (Å²) in [6.07, 6.45) is 1.60. The van der Waals surface area contributed by atoms with Gasteiger partial charge in [0.2, 0.25) is 11.0 Å². The molecule has 0 aliphatic carbocycles. The molecule has 1 aliphatic heterocycles. The third kappa shape index (κ3) is 2.78. The van der Waals surface area contributed by atoms with Crippen LogP contribution in [0.1, 0.15) is 20.8 Å². The third-order valence-corrected chi connectivity index (χ3v) is 6.32. The van der Waals surface area contributed by atoms with E-state index in [2.05, 4.69) is 19.8 Å². The van der Waals surface area contributed by atoms with Crippen molar-refractivity contribution < 1.29 is 8.42 Å². The van der Waals surface area contributed by atoms with Crippen LogP contribution in [-0.2, 0) is 10.0 Å². The number of hydrogen-bond acceptors (Lipinski definition) is 5. The van der Waals surface area contributed by atoms with Crippen LogP contribution in [0.3, 0.4) is 0 Å². The van der Waals surface area contributed by atoms with Crippen LogP contribution in [0.5, 0.6) is 0 Å². The van der Waals surface area contributed by atoms with Gasteiger partial charge in [-0.3, -0.25) is 4.40 Å². The Morgan fingerprint density at radius 1 is 1.50 bits per heavy atom. The largest absolute Gasteiger partial charge is 0.357 e. The fourth-order valence-electron chi connectivity index (χ4n) is 2.31. The summed E-state index contributed by atoms with van der Waals surface area (Å²) in [5, 5.41) is 10.2. The van der Waals surface area contributed by atoms with Crippen molar-refractivity contribution in [1.29, 1.82) is 0 Å². The van der Waals surface area contributed by atoms with Crippen LogP contribution in [-0.4, -0.2) is 48.1 Å². The second-order valence-electron chi connectivity index (χ2n) is 6.03. The average Bonchev–Trinajstić information content (AvgIpc) is 3.09. The summed E-state index contributed by atoms with van der Waals surface area (Å²) in [6, 6.07) is 0. The normalized spacial score (nSPS) is 18.3. The lowest BCUT2D eigenvalue weighted by Gasteiger charge is -2.21. The van der Waals surface area contributed by atoms with E-state index in [0.29, 0.717) is 11.5 Å². The Labute approximate surface area is 148 Å². The van der Waals surface area contributed by atoms with Gasteiger partial charge in [0.15, 0.2) is 10.1 Å². The number of hydrazone groups is 1. The topological polar surface area (TPSA) is 91.4 Å². The van der Waals surface area contributed by atoms with Crippen LogP contribution >= 0.6 is 22.9 Å². The van der Waals surface area contributed by atoms with Crippen molar-refractivity contribution in [2.24, 2.45) is 14.9 Å². The van der Waals surface area contributed by atoms with Gasteiger partial charge in [-0.25, -0.2) is 9.99 Å². The SMILES string of the molecule is CN/C(=N\S(=O)(=O)c1c(Cl)nc2sccn12)N1CC(C)(C)C(C)=N1. The second kappa shape index (κ2) is 5.71. The number of imidazole rings is 1. The Morgan fingerprint density at radius 2 is 2.21 bits per heavy atom. The van der Waals surface area contributed by atoms with E-state index in [0.717, 1.165) is 5.71 Å². The van der Waals surface area contributed by atoms with Gasteiger partial charge in [0, 0.05) is 29.8 Å². The molecule has 11 heteroatoms. The Kier molecular flexibility index (Phi) is 4.09. The maximum absolute atomic E-state index is 12.8. The molecule has 0 aromatic carbocycles. The molecule has 24 heavy (non-hydrogen) atoms. The minimum Gasteiger partial charge on any atom is -0.357 e. The van der Waals surface area contributed by atoms with E-state index in [1.165, 1.54) is 15.7 Å². The van der Waals surface area contributed by atoms with Gasteiger partial charge < -0.3 is 5.32 Å². The minimum absolute atomic E-state index is 0.0949. The molecule has 0 radical (unpaired) electrons. The van der Waals surface area contributed by atoms with Crippen LogP contribution in [0.15, 0.2) is 26.1 Å². The maximum atomic E-state index is 12.8. The van der Waals surface area contributed by atoms with Gasteiger partial charge in [0.1, 0.15) is 0 Å². The first-order chi connectivity index (χ1) is 11.2. The lowest BCUT2D eigenvalue weighted by Crippen LogP contribution is -2.38. The van der Waals surface area contributed by atoms with E-state index in [1.807, 2.05) is 20.8 Å². The number of nitrogens with one attached hydrogen (secondary N) is 1. The zero-order valence-corrected chi connectivity index (χ0v) is 16.0. The molecule has 8 nitrogen and oxygen atoms in total. The molecule has 3 heterocycles. The molecule has 1 N–H and O–H groups in total. The van der Waals surface area contributed by atoms with E-state index in [1.54, 1.807) is 23.6 Å². The van der Waals surface area contributed by atoms with E-state index in [4.69, 9.17) is 11.6 Å². The molecule has 130 valence electrons. The Balaban J connectivity index is 2.05. The summed E-state index contributed by atoms with van der Waals surface area (Å²) in [7, 11) is -2.46. The fraction of sp³-hybridized carbons (Fsp3) is 0.462. The molecule has 0 unspecified atom stereocenters. The summed E-state index contributed by atoms with van der Waals surface area (Å²) in [5.74, 6) is 0.140. The highest BCUT2D eigenvalue weighted by Crippen LogP contribution is 2.29. The predicted molar refractivity (Wildman–Crippen MR) is 95.4 cm³/mol. The van der Waals surface area contributed by atoms with Crippen molar-refractivity contribution in [3.63, 3.8) is 0 Å². The number of thiazole rings is 1. The quantitative estimate of drug-likeness (QED) is 0.627. The standard InChI is InChI=1S/C13H17ClN6O2S2/c1-8-13(2,3)7-20(17-8)11(15-4)18-24(21,22)10-9(14)16-12-19(10)5-6-23-12/h5-6H,7H2,1-4H3,(H,15,18). The maximum Gasteiger partial charge on any atom is 0.304 e. The molecule has 2 aromatic rings. The van der Waals surface area contributed by atoms with Gasteiger partial charge in [0.25, 0.3) is 0 Å². The number of nitrogens with zero attached hydrogens (tertiary/aromatic N) is 5.